The SMILES string of the molecule is COc1ccc(Br)cc1[C@@H]1SCC(=O)Nc2c1c(C)nn2-c1ncccn1. The van der Waals surface area contributed by atoms with Crippen LogP contribution in [0.1, 0.15) is 22.1 Å². The Morgan fingerprint density at radius 2 is 2.11 bits per heavy atom. The van der Waals surface area contributed by atoms with Crippen molar-refractivity contribution >= 4 is 39.4 Å². The molecule has 0 unspecified atom stereocenters. The number of rotatable bonds is 3. The van der Waals surface area contributed by atoms with Crippen LogP contribution in [-0.4, -0.2) is 38.5 Å². The minimum atomic E-state index is -0.121. The van der Waals surface area contributed by atoms with E-state index in [1.54, 1.807) is 42.0 Å². The van der Waals surface area contributed by atoms with Gasteiger partial charge in [0.25, 0.3) is 5.95 Å². The number of ether oxygens (including phenoxy) is 1. The summed E-state index contributed by atoms with van der Waals surface area (Å²) in [6.07, 6.45) is 3.29. The molecule has 0 bridgehead atoms. The quantitative estimate of drug-likeness (QED) is 0.663. The molecule has 0 aliphatic carbocycles. The van der Waals surface area contributed by atoms with Crippen molar-refractivity contribution in [3.05, 3.63) is 58.0 Å². The van der Waals surface area contributed by atoms with Crippen LogP contribution >= 0.6 is 27.7 Å². The summed E-state index contributed by atoms with van der Waals surface area (Å²) in [4.78, 5) is 20.9. The number of nitrogens with zero attached hydrogens (tertiary/aromatic N) is 4. The Morgan fingerprint density at radius 3 is 2.85 bits per heavy atom. The van der Waals surface area contributed by atoms with Gasteiger partial charge in [-0.05, 0) is 31.2 Å². The van der Waals surface area contributed by atoms with E-state index in [1.165, 1.54) is 0 Å². The Kier molecular flexibility index (Phi) is 4.88. The predicted molar refractivity (Wildman–Crippen MR) is 108 cm³/mol. The van der Waals surface area contributed by atoms with Gasteiger partial charge < -0.3 is 10.1 Å². The Hall–Kier alpha value is -2.39. The first-order valence-electron chi connectivity index (χ1n) is 8.20. The summed E-state index contributed by atoms with van der Waals surface area (Å²) in [5.41, 5.74) is 2.71. The highest BCUT2D eigenvalue weighted by atomic mass is 79.9. The highest BCUT2D eigenvalue weighted by molar-refractivity contribution is 9.10. The van der Waals surface area contributed by atoms with Gasteiger partial charge in [-0.3, -0.25) is 4.79 Å². The molecule has 0 fully saturated rings. The van der Waals surface area contributed by atoms with Gasteiger partial charge >= 0.3 is 0 Å². The number of aryl methyl sites for hydroxylation is 1. The van der Waals surface area contributed by atoms with Crippen molar-refractivity contribution < 1.29 is 9.53 Å². The standard InChI is InChI=1S/C18H16BrN5O2S/c1-10-15-16(12-8-11(19)4-5-13(12)26-2)27-9-14(25)22-17(15)24(23-10)18-20-6-3-7-21-18/h3-8,16H,9H2,1-2H3,(H,22,25)/t16-/m0/s1. The molecule has 1 atom stereocenters. The number of hydrogen-bond acceptors (Lipinski definition) is 6. The molecule has 2 aromatic heterocycles. The summed E-state index contributed by atoms with van der Waals surface area (Å²) in [7, 11) is 1.65. The van der Waals surface area contributed by atoms with Gasteiger partial charge in [0.1, 0.15) is 11.6 Å². The normalized spacial score (nSPS) is 16.4. The van der Waals surface area contributed by atoms with Crippen LogP contribution in [0, 0.1) is 6.92 Å². The fraction of sp³-hybridized carbons (Fsp3) is 0.222. The number of hydrogen-bond donors (Lipinski definition) is 1. The molecule has 0 spiro atoms. The summed E-state index contributed by atoms with van der Waals surface area (Å²) < 4.78 is 8.11. The summed E-state index contributed by atoms with van der Waals surface area (Å²) in [6, 6.07) is 7.61. The van der Waals surface area contributed by atoms with Crippen LogP contribution in [0.4, 0.5) is 5.82 Å². The molecule has 1 aliphatic rings. The largest absolute Gasteiger partial charge is 0.496 e. The molecule has 7 nitrogen and oxygen atoms in total. The molecular weight excluding hydrogens is 430 g/mol. The average molecular weight is 446 g/mol. The summed E-state index contributed by atoms with van der Waals surface area (Å²) in [6.45, 7) is 1.92. The minimum Gasteiger partial charge on any atom is -0.496 e. The Bertz CT molecular complexity index is 1010. The third kappa shape index (κ3) is 3.32. The number of fused-ring (bicyclic) bond motifs is 1. The van der Waals surface area contributed by atoms with Crippen LogP contribution in [0.5, 0.6) is 5.75 Å². The van der Waals surface area contributed by atoms with Crippen LogP contribution in [0.2, 0.25) is 0 Å². The van der Waals surface area contributed by atoms with Gasteiger partial charge in [0.15, 0.2) is 0 Å². The average Bonchev–Trinajstić information content (AvgIpc) is 2.88. The van der Waals surface area contributed by atoms with Crippen molar-refractivity contribution in [3.63, 3.8) is 0 Å². The number of anilines is 1. The van der Waals surface area contributed by atoms with E-state index < -0.39 is 0 Å². The topological polar surface area (TPSA) is 81.9 Å². The molecule has 3 aromatic rings. The monoisotopic (exact) mass is 445 g/mol. The molecule has 0 saturated heterocycles. The summed E-state index contributed by atoms with van der Waals surface area (Å²) in [5, 5.41) is 7.45. The lowest BCUT2D eigenvalue weighted by Crippen LogP contribution is -2.16. The molecule has 4 rings (SSSR count). The van der Waals surface area contributed by atoms with Crippen molar-refractivity contribution in [2.75, 3.05) is 18.2 Å². The number of amides is 1. The number of methoxy groups -OCH3 is 1. The van der Waals surface area contributed by atoms with Crippen molar-refractivity contribution in [3.8, 4) is 11.7 Å². The first-order valence-corrected chi connectivity index (χ1v) is 10.0. The summed E-state index contributed by atoms with van der Waals surface area (Å²) in [5.74, 6) is 2.01. The van der Waals surface area contributed by atoms with E-state index in [0.717, 1.165) is 27.0 Å². The molecule has 9 heteroatoms. The minimum absolute atomic E-state index is 0.0882. The van der Waals surface area contributed by atoms with Crippen molar-refractivity contribution in [2.24, 2.45) is 0 Å². The maximum atomic E-state index is 12.4. The van der Waals surface area contributed by atoms with Gasteiger partial charge in [0.05, 0.1) is 23.8 Å². The van der Waals surface area contributed by atoms with Gasteiger partial charge in [-0.15, -0.1) is 11.8 Å². The zero-order valence-corrected chi connectivity index (χ0v) is 17.0. The third-order valence-corrected chi connectivity index (χ3v) is 5.97. The first-order chi connectivity index (χ1) is 13.1. The number of benzene rings is 1. The van der Waals surface area contributed by atoms with Crippen molar-refractivity contribution in [1.82, 2.24) is 19.7 Å². The lowest BCUT2D eigenvalue weighted by atomic mass is 10.0. The molecule has 1 N–H and O–H groups in total. The molecule has 0 saturated carbocycles. The zero-order chi connectivity index (χ0) is 19.0. The molecule has 1 aromatic carbocycles. The Labute approximate surface area is 168 Å². The fourth-order valence-electron chi connectivity index (χ4n) is 3.08. The summed E-state index contributed by atoms with van der Waals surface area (Å²) >= 11 is 5.08. The number of carbonyl (C=O) groups excluding carboxylic acids is 1. The molecule has 27 heavy (non-hydrogen) atoms. The number of aromatic nitrogens is 4. The van der Waals surface area contributed by atoms with Crippen LogP contribution < -0.4 is 10.1 Å². The Morgan fingerprint density at radius 1 is 1.33 bits per heavy atom. The maximum Gasteiger partial charge on any atom is 0.252 e. The van der Waals surface area contributed by atoms with Crippen molar-refractivity contribution in [1.29, 1.82) is 0 Å². The van der Waals surface area contributed by atoms with Gasteiger partial charge in [0, 0.05) is 28.0 Å². The van der Waals surface area contributed by atoms with E-state index in [4.69, 9.17) is 4.74 Å². The first kappa shape index (κ1) is 18.0. The molecule has 138 valence electrons. The van der Waals surface area contributed by atoms with E-state index in [-0.39, 0.29) is 11.2 Å². The van der Waals surface area contributed by atoms with Crippen LogP contribution in [0.3, 0.4) is 0 Å². The van der Waals surface area contributed by atoms with Crippen LogP contribution in [0.25, 0.3) is 5.95 Å². The molecule has 1 amide bonds. The highest BCUT2D eigenvalue weighted by Crippen LogP contribution is 2.46. The second-order valence-corrected chi connectivity index (χ2v) is 7.94. The molecule has 0 radical (unpaired) electrons. The maximum absolute atomic E-state index is 12.4. The van der Waals surface area contributed by atoms with Gasteiger partial charge in [-0.1, -0.05) is 15.9 Å². The molecule has 1 aliphatic heterocycles. The zero-order valence-electron chi connectivity index (χ0n) is 14.6. The predicted octanol–water partition coefficient (Wildman–Crippen LogP) is 3.52. The second-order valence-electron chi connectivity index (χ2n) is 5.93. The Balaban J connectivity index is 1.93. The lowest BCUT2D eigenvalue weighted by molar-refractivity contribution is -0.113. The number of thioether (sulfide) groups is 1. The van der Waals surface area contributed by atoms with E-state index in [2.05, 4.69) is 36.3 Å². The number of carbonyl (C=O) groups is 1. The highest BCUT2D eigenvalue weighted by Gasteiger charge is 2.32. The number of halogens is 1. The van der Waals surface area contributed by atoms with Crippen molar-refractivity contribution in [2.45, 2.75) is 12.2 Å². The van der Waals surface area contributed by atoms with E-state index in [9.17, 15) is 4.79 Å². The second kappa shape index (κ2) is 7.32. The van der Waals surface area contributed by atoms with E-state index >= 15 is 0 Å². The van der Waals surface area contributed by atoms with Crippen LogP contribution in [-0.2, 0) is 4.79 Å². The lowest BCUT2D eigenvalue weighted by Gasteiger charge is -2.18. The number of nitrogens with one attached hydrogen (secondary N) is 1. The fourth-order valence-corrected chi connectivity index (χ4v) is 4.67. The van der Waals surface area contributed by atoms with Gasteiger partial charge in [-0.2, -0.15) is 9.78 Å². The van der Waals surface area contributed by atoms with E-state index in [1.807, 2.05) is 25.1 Å². The molecular formula is C18H16BrN5O2S. The van der Waals surface area contributed by atoms with E-state index in [0.29, 0.717) is 17.5 Å². The molecule has 3 heterocycles. The smallest absolute Gasteiger partial charge is 0.252 e. The van der Waals surface area contributed by atoms with Crippen LogP contribution in [0.15, 0.2) is 41.1 Å². The third-order valence-electron chi connectivity index (χ3n) is 4.22. The van der Waals surface area contributed by atoms with Gasteiger partial charge in [0.2, 0.25) is 5.91 Å². The van der Waals surface area contributed by atoms with Gasteiger partial charge in [-0.25, -0.2) is 9.97 Å².